The lowest BCUT2D eigenvalue weighted by Gasteiger charge is -2.56. The number of furan rings is 1. The molecule has 3 heterocycles. The van der Waals surface area contributed by atoms with Crippen LogP contribution in [0.1, 0.15) is 49.9 Å². The van der Waals surface area contributed by atoms with E-state index in [1.165, 1.54) is 19.3 Å². The van der Waals surface area contributed by atoms with Crippen molar-refractivity contribution in [3.05, 3.63) is 121 Å². The molecule has 50 heavy (non-hydrogen) atoms. The van der Waals surface area contributed by atoms with E-state index >= 15 is 0 Å². The molecule has 0 N–H and O–H groups in total. The molecule has 4 aliphatic rings. The molecule has 4 fully saturated rings. The minimum Gasteiger partial charge on any atom is -0.455 e. The summed E-state index contributed by atoms with van der Waals surface area (Å²) in [5, 5.41) is 14.6. The molecular formula is C44H33N5O. The highest BCUT2D eigenvalue weighted by Gasteiger charge is 2.53. The van der Waals surface area contributed by atoms with Gasteiger partial charge in [-0.1, -0.05) is 66.7 Å². The van der Waals surface area contributed by atoms with Gasteiger partial charge < -0.3 is 8.98 Å². The summed E-state index contributed by atoms with van der Waals surface area (Å²) in [6.07, 6.45) is 7.52. The Labute approximate surface area is 289 Å². The summed E-state index contributed by atoms with van der Waals surface area (Å²) in [4.78, 5) is 16.0. The van der Waals surface area contributed by atoms with E-state index in [0.717, 1.165) is 103 Å². The number of nitriles is 1. The van der Waals surface area contributed by atoms with Crippen LogP contribution in [0.3, 0.4) is 0 Å². The Kier molecular flexibility index (Phi) is 5.81. The normalized spacial score (nSPS) is 22.6. The number of para-hydroxylation sites is 2. The van der Waals surface area contributed by atoms with Gasteiger partial charge in [-0.3, -0.25) is 0 Å². The van der Waals surface area contributed by atoms with E-state index in [-0.39, 0.29) is 5.41 Å². The minimum absolute atomic E-state index is 0.0251. The van der Waals surface area contributed by atoms with E-state index in [1.807, 2.05) is 42.5 Å². The third-order valence-corrected chi connectivity index (χ3v) is 12.0. The number of rotatable bonds is 4. The van der Waals surface area contributed by atoms with Gasteiger partial charge >= 0.3 is 0 Å². The molecule has 0 saturated heterocycles. The summed E-state index contributed by atoms with van der Waals surface area (Å²) in [6.45, 7) is 0. The summed E-state index contributed by atoms with van der Waals surface area (Å²) in [5.41, 5.74) is 7.11. The molecular weight excluding hydrogens is 615 g/mol. The average Bonchev–Trinajstić information content (AvgIpc) is 3.70. The molecule has 0 atom stereocenters. The van der Waals surface area contributed by atoms with Crippen molar-refractivity contribution < 1.29 is 4.42 Å². The van der Waals surface area contributed by atoms with E-state index < -0.39 is 0 Å². The maximum absolute atomic E-state index is 10.2. The Bertz CT molecular complexity index is 2680. The molecule has 0 radical (unpaired) electrons. The second-order valence-electron chi connectivity index (χ2n) is 15.0. The van der Waals surface area contributed by atoms with E-state index in [0.29, 0.717) is 17.2 Å². The second kappa shape index (κ2) is 10.4. The number of nitrogens with zero attached hydrogens (tertiary/aromatic N) is 5. The minimum atomic E-state index is -0.0251. The zero-order valence-corrected chi connectivity index (χ0v) is 27.5. The third-order valence-electron chi connectivity index (χ3n) is 12.0. The average molecular weight is 648 g/mol. The highest BCUT2D eigenvalue weighted by molar-refractivity contribution is 6.24. The molecule has 4 bridgehead atoms. The highest BCUT2D eigenvalue weighted by Crippen LogP contribution is 2.60. The Hall–Kier alpha value is -5.80. The van der Waals surface area contributed by atoms with E-state index in [2.05, 4.69) is 77.4 Å². The van der Waals surface area contributed by atoms with Crippen LogP contribution >= 0.6 is 0 Å². The first-order valence-corrected chi connectivity index (χ1v) is 17.8. The fourth-order valence-corrected chi connectivity index (χ4v) is 10.3. The molecule has 3 aromatic heterocycles. The van der Waals surface area contributed by atoms with Gasteiger partial charge in [-0.05, 0) is 98.7 Å². The third kappa shape index (κ3) is 4.04. The van der Waals surface area contributed by atoms with Crippen LogP contribution in [-0.2, 0) is 5.41 Å². The Balaban J connectivity index is 1.19. The molecule has 240 valence electrons. The van der Waals surface area contributed by atoms with Crippen LogP contribution in [0.25, 0.3) is 72.2 Å². The quantitative estimate of drug-likeness (QED) is 0.190. The monoisotopic (exact) mass is 647 g/mol. The second-order valence-corrected chi connectivity index (χ2v) is 15.0. The first kappa shape index (κ1) is 28.1. The van der Waals surface area contributed by atoms with Gasteiger partial charge in [0.15, 0.2) is 11.6 Å². The van der Waals surface area contributed by atoms with Crippen LogP contribution < -0.4 is 0 Å². The number of fused-ring (bicyclic) bond motifs is 7. The van der Waals surface area contributed by atoms with Gasteiger partial charge in [0.1, 0.15) is 17.0 Å². The molecule has 6 nitrogen and oxygen atoms in total. The SMILES string of the molecule is N#Cc1ccc(-n2c3ccccc3c3c4oc5ccccc5c4ccc32)c(-c2nc(-c3ccccc3)nc(C34CC5CC(CC(C5)C3)C4)n2)c1. The fraction of sp³-hybridized carbons (Fsp3) is 0.227. The molecule has 4 aliphatic carbocycles. The fourth-order valence-electron chi connectivity index (χ4n) is 10.3. The van der Waals surface area contributed by atoms with Crippen LogP contribution in [0.2, 0.25) is 0 Å². The summed E-state index contributed by atoms with van der Waals surface area (Å²) in [5.74, 6) is 4.51. The molecule has 0 spiro atoms. The van der Waals surface area contributed by atoms with E-state index in [4.69, 9.17) is 19.4 Å². The van der Waals surface area contributed by atoms with Crippen molar-refractivity contribution >= 4 is 43.7 Å². The number of hydrogen-bond donors (Lipinski definition) is 0. The summed E-state index contributed by atoms with van der Waals surface area (Å²) < 4.78 is 8.88. The molecule has 6 heteroatoms. The molecule has 0 unspecified atom stereocenters. The van der Waals surface area contributed by atoms with E-state index in [9.17, 15) is 5.26 Å². The first-order valence-electron chi connectivity index (χ1n) is 17.8. The van der Waals surface area contributed by atoms with Crippen molar-refractivity contribution in [2.45, 2.75) is 43.9 Å². The number of aromatic nitrogens is 4. The largest absolute Gasteiger partial charge is 0.455 e. The summed E-state index contributed by atoms with van der Waals surface area (Å²) in [7, 11) is 0. The first-order chi connectivity index (χ1) is 24.6. The molecule has 8 aromatic rings. The van der Waals surface area contributed by atoms with Gasteiger partial charge in [-0.2, -0.15) is 5.26 Å². The molecule has 5 aromatic carbocycles. The molecule has 12 rings (SSSR count). The van der Waals surface area contributed by atoms with Gasteiger partial charge in [0.2, 0.25) is 0 Å². The van der Waals surface area contributed by atoms with Crippen molar-refractivity contribution in [2.75, 3.05) is 0 Å². The molecule has 4 saturated carbocycles. The smallest absolute Gasteiger partial charge is 0.165 e. The zero-order chi connectivity index (χ0) is 33.0. The van der Waals surface area contributed by atoms with Gasteiger partial charge in [-0.15, -0.1) is 0 Å². The molecule has 0 amide bonds. The zero-order valence-electron chi connectivity index (χ0n) is 27.5. The molecule has 0 aliphatic heterocycles. The number of hydrogen-bond acceptors (Lipinski definition) is 5. The lowest BCUT2D eigenvalue weighted by molar-refractivity contribution is -0.00938. The predicted molar refractivity (Wildman–Crippen MR) is 197 cm³/mol. The standard InChI is InChI=1S/C44H33N5O/c45-25-26-14-16-36(49-35-12-6-4-11-33(35)39-37(49)17-15-32-31-10-5-7-13-38(31)50-40(32)39)34(21-26)42-46-41(30-8-2-1-3-9-30)47-43(48-42)44-22-27-18-28(23-44)20-29(19-27)24-44/h1-17,21,27-29H,18-20,22-24H2. The maximum atomic E-state index is 10.2. The van der Waals surface area contributed by atoms with Crippen LogP contribution in [0.15, 0.2) is 114 Å². The van der Waals surface area contributed by atoms with Crippen molar-refractivity contribution in [1.82, 2.24) is 19.5 Å². The maximum Gasteiger partial charge on any atom is 0.165 e. The van der Waals surface area contributed by atoms with Crippen LogP contribution in [0.5, 0.6) is 0 Å². The van der Waals surface area contributed by atoms with Crippen molar-refractivity contribution in [3.8, 4) is 34.5 Å². The lowest BCUT2D eigenvalue weighted by Crippen LogP contribution is -2.49. The van der Waals surface area contributed by atoms with Gasteiger partial charge in [-0.25, -0.2) is 15.0 Å². The van der Waals surface area contributed by atoms with Crippen LogP contribution in [0, 0.1) is 29.1 Å². The van der Waals surface area contributed by atoms with E-state index in [1.54, 1.807) is 0 Å². The van der Waals surface area contributed by atoms with Crippen molar-refractivity contribution in [2.24, 2.45) is 17.8 Å². The van der Waals surface area contributed by atoms with Gasteiger partial charge in [0.25, 0.3) is 0 Å². The highest BCUT2D eigenvalue weighted by atomic mass is 16.3. The van der Waals surface area contributed by atoms with Gasteiger partial charge in [0.05, 0.1) is 33.7 Å². The van der Waals surface area contributed by atoms with Crippen LogP contribution in [-0.4, -0.2) is 19.5 Å². The van der Waals surface area contributed by atoms with Gasteiger partial charge in [0, 0.05) is 32.7 Å². The topological polar surface area (TPSA) is 80.5 Å². The van der Waals surface area contributed by atoms with Crippen LogP contribution in [0.4, 0.5) is 0 Å². The Morgan fingerprint density at radius 2 is 1.36 bits per heavy atom. The predicted octanol–water partition coefficient (Wildman–Crippen LogP) is 10.5. The Morgan fingerprint density at radius 3 is 2.14 bits per heavy atom. The summed E-state index contributed by atoms with van der Waals surface area (Å²) in [6, 6.07) is 39.7. The van der Waals surface area contributed by atoms with Crippen molar-refractivity contribution in [3.63, 3.8) is 0 Å². The lowest BCUT2D eigenvalue weighted by atomic mass is 9.49. The van der Waals surface area contributed by atoms with Crippen molar-refractivity contribution in [1.29, 1.82) is 5.26 Å². The summed E-state index contributed by atoms with van der Waals surface area (Å²) >= 11 is 0. The number of benzene rings is 5. The Morgan fingerprint density at radius 1 is 0.660 bits per heavy atom.